The normalized spacial score (nSPS) is 18.2. The first kappa shape index (κ1) is 49.9. The van der Waals surface area contributed by atoms with E-state index in [0.29, 0.717) is 84.2 Å². The molecule has 0 spiro atoms. The quantitative estimate of drug-likeness (QED) is 0.132. The summed E-state index contributed by atoms with van der Waals surface area (Å²) in [4.78, 5) is 15.0. The van der Waals surface area contributed by atoms with Crippen molar-refractivity contribution < 1.29 is 43.1 Å². The maximum atomic E-state index is 15.9. The summed E-state index contributed by atoms with van der Waals surface area (Å²) < 4.78 is 56.2. The fourth-order valence-electron chi connectivity index (χ4n) is 10.2. The van der Waals surface area contributed by atoms with Crippen LogP contribution in [0.3, 0.4) is 0 Å². The summed E-state index contributed by atoms with van der Waals surface area (Å²) in [6, 6.07) is 24.2. The lowest BCUT2D eigenvalue weighted by atomic mass is 9.60. The molecule has 2 N–H and O–H groups in total. The van der Waals surface area contributed by atoms with Gasteiger partial charge in [0.05, 0.1) is 39.6 Å². The summed E-state index contributed by atoms with van der Waals surface area (Å²) in [5.41, 5.74) is 3.87. The third-order valence-corrected chi connectivity index (χ3v) is 14.8. The topological polar surface area (TPSA) is 129 Å². The first-order valence-corrected chi connectivity index (χ1v) is 23.8. The number of hydrogen-bond acceptors (Lipinski definition) is 9. The molecule has 9 nitrogen and oxygen atoms in total. The van der Waals surface area contributed by atoms with Crippen molar-refractivity contribution in [1.82, 2.24) is 0 Å². The van der Waals surface area contributed by atoms with E-state index in [0.717, 1.165) is 0 Å². The second-order valence-electron chi connectivity index (χ2n) is 21.9. The van der Waals surface area contributed by atoms with E-state index < -0.39 is 46.3 Å². The largest absolute Gasteiger partial charge is 0.507 e. The van der Waals surface area contributed by atoms with Crippen LogP contribution in [0.5, 0.6) is 34.5 Å². The number of rotatable bonds is 10. The standard InChI is InChI=1S/C56H69O9P/c1-52(2,3)39-26-32(27-40(50(39)58)53(4,5)6)37-30-34(57)31-38(33-28-41(54(7,8)9)51(59)42(29-33)55(10,11)12)56(37,66(60)61)49-35(47-43(62-13)22-18-23-44(47)63-14)20-17-21-36(49)48-45(64-15)24-19-25-46(48)65-16/h17-29,37-38,58-59H,30-31H2,1-16H3. The monoisotopic (exact) mass is 916 g/mol. The Kier molecular flexibility index (Phi) is 13.6. The van der Waals surface area contributed by atoms with Gasteiger partial charge in [-0.05, 0) is 96.0 Å². The Morgan fingerprint density at radius 3 is 1.02 bits per heavy atom. The summed E-state index contributed by atoms with van der Waals surface area (Å²) in [6.45, 7) is 24.2. The molecule has 5 aromatic carbocycles. The van der Waals surface area contributed by atoms with Crippen molar-refractivity contribution in [3.8, 4) is 56.8 Å². The van der Waals surface area contributed by atoms with E-state index in [1.165, 1.54) is 0 Å². The highest BCUT2D eigenvalue weighted by atomic mass is 31.1. The molecule has 1 aliphatic carbocycles. The van der Waals surface area contributed by atoms with Crippen LogP contribution in [0.4, 0.5) is 0 Å². The molecule has 2 atom stereocenters. The number of carbonyl (C=O) groups excluding carboxylic acids is 1. The van der Waals surface area contributed by atoms with Crippen molar-refractivity contribution in [2.24, 2.45) is 0 Å². The van der Waals surface area contributed by atoms with Crippen molar-refractivity contribution in [2.45, 2.75) is 135 Å². The van der Waals surface area contributed by atoms with Gasteiger partial charge in [0.25, 0.3) is 0 Å². The van der Waals surface area contributed by atoms with Gasteiger partial charge in [0, 0.05) is 24.7 Å². The highest BCUT2D eigenvalue weighted by Crippen LogP contribution is 2.68. The van der Waals surface area contributed by atoms with E-state index in [2.05, 4.69) is 0 Å². The average molecular weight is 917 g/mol. The molecule has 10 heteroatoms. The van der Waals surface area contributed by atoms with Gasteiger partial charge >= 0.3 is 7.68 Å². The second kappa shape index (κ2) is 17.9. The van der Waals surface area contributed by atoms with Crippen LogP contribution in [0, 0.1) is 0 Å². The molecule has 0 radical (unpaired) electrons. The molecule has 66 heavy (non-hydrogen) atoms. The molecule has 0 aromatic heterocycles. The van der Waals surface area contributed by atoms with Gasteiger partial charge < -0.3 is 29.2 Å². The minimum Gasteiger partial charge on any atom is -0.507 e. The highest BCUT2D eigenvalue weighted by Gasteiger charge is 2.60. The van der Waals surface area contributed by atoms with Gasteiger partial charge in [0.1, 0.15) is 45.4 Å². The maximum Gasteiger partial charge on any atom is 0.327 e. The number of methoxy groups -OCH3 is 4. The van der Waals surface area contributed by atoms with Crippen LogP contribution in [0.25, 0.3) is 22.3 Å². The van der Waals surface area contributed by atoms with Gasteiger partial charge in [-0.1, -0.05) is 138 Å². The molecule has 0 heterocycles. The highest BCUT2D eigenvalue weighted by molar-refractivity contribution is 7.32. The molecule has 0 saturated heterocycles. The number of phenols is 2. The molecule has 6 rings (SSSR count). The van der Waals surface area contributed by atoms with Crippen molar-refractivity contribution in [1.29, 1.82) is 0 Å². The van der Waals surface area contributed by atoms with Crippen molar-refractivity contribution in [3.05, 3.63) is 118 Å². The van der Waals surface area contributed by atoms with Crippen LogP contribution in [0.15, 0.2) is 78.9 Å². The van der Waals surface area contributed by atoms with Crippen LogP contribution in [0.2, 0.25) is 0 Å². The van der Waals surface area contributed by atoms with E-state index in [1.807, 2.05) is 162 Å². The molecular weight excluding hydrogens is 848 g/mol. The van der Waals surface area contributed by atoms with E-state index in [-0.39, 0.29) is 30.1 Å². The number of carbonyl (C=O) groups is 1. The smallest absolute Gasteiger partial charge is 0.327 e. The van der Waals surface area contributed by atoms with Crippen LogP contribution < -0.4 is 18.9 Å². The van der Waals surface area contributed by atoms with Gasteiger partial charge in [-0.2, -0.15) is 0 Å². The first-order valence-electron chi connectivity index (χ1n) is 22.7. The molecule has 352 valence electrons. The van der Waals surface area contributed by atoms with Gasteiger partial charge in [-0.15, -0.1) is 0 Å². The second-order valence-corrected chi connectivity index (χ2v) is 23.1. The molecule has 1 fully saturated rings. The van der Waals surface area contributed by atoms with Gasteiger partial charge in [0.2, 0.25) is 0 Å². The first-order chi connectivity index (χ1) is 30.7. The number of benzene rings is 5. The minimum absolute atomic E-state index is 0.119. The van der Waals surface area contributed by atoms with E-state index in [4.69, 9.17) is 18.9 Å². The Morgan fingerprint density at radius 1 is 0.500 bits per heavy atom. The molecule has 0 aliphatic heterocycles. The summed E-state index contributed by atoms with van der Waals surface area (Å²) in [5, 5.41) is 22.3. The van der Waals surface area contributed by atoms with Crippen LogP contribution >= 0.6 is 7.68 Å². The molecule has 0 amide bonds. The third-order valence-electron chi connectivity index (χ3n) is 13.4. The molecule has 1 saturated carbocycles. The van der Waals surface area contributed by atoms with E-state index >= 15 is 9.13 Å². The zero-order valence-corrected chi connectivity index (χ0v) is 42.7. The third kappa shape index (κ3) is 8.76. The lowest BCUT2D eigenvalue weighted by Crippen LogP contribution is -2.43. The predicted octanol–water partition coefficient (Wildman–Crippen LogP) is 14.0. The van der Waals surface area contributed by atoms with Crippen molar-refractivity contribution >= 4 is 13.5 Å². The fraction of sp³-hybridized carbons (Fsp3) is 0.446. The molecule has 0 bridgehead atoms. The summed E-state index contributed by atoms with van der Waals surface area (Å²) >= 11 is 0. The van der Waals surface area contributed by atoms with Gasteiger partial charge in [0.15, 0.2) is 0 Å². The lowest BCUT2D eigenvalue weighted by molar-refractivity contribution is -0.122. The van der Waals surface area contributed by atoms with E-state index in [1.54, 1.807) is 28.4 Å². The maximum absolute atomic E-state index is 15.9. The number of aromatic hydroxyl groups is 2. The van der Waals surface area contributed by atoms with Crippen molar-refractivity contribution in [2.75, 3.05) is 28.4 Å². The number of Topliss-reactive ketones (excluding diaryl/α,β-unsaturated/α-hetero) is 1. The van der Waals surface area contributed by atoms with Crippen LogP contribution in [0.1, 0.15) is 147 Å². The Labute approximate surface area is 392 Å². The zero-order chi connectivity index (χ0) is 49.1. The SMILES string of the molecule is COc1cccc(OC)c1-c1cccc(-c2c(OC)cccc2OC)c1C1(P(=O)=O)C(c2cc(C(C)(C)C)c(O)c(C(C)(C)C)c2)CC(=O)CC1c1cc(C(C)(C)C)c(O)c(C(C)(C)C)c1. The predicted molar refractivity (Wildman–Crippen MR) is 264 cm³/mol. The minimum atomic E-state index is -3.60. The Balaban J connectivity index is 2.01. The Bertz CT molecular complexity index is 2440. The Morgan fingerprint density at radius 2 is 0.773 bits per heavy atom. The van der Waals surface area contributed by atoms with Crippen LogP contribution in [-0.4, -0.2) is 44.4 Å². The lowest BCUT2D eigenvalue weighted by Gasteiger charge is -2.48. The van der Waals surface area contributed by atoms with E-state index in [9.17, 15) is 15.0 Å². The van der Waals surface area contributed by atoms with Crippen molar-refractivity contribution in [3.63, 3.8) is 0 Å². The summed E-state index contributed by atoms with van der Waals surface area (Å²) in [5.74, 6) is -0.126. The van der Waals surface area contributed by atoms with Gasteiger partial charge in [-0.3, -0.25) is 4.79 Å². The molecule has 2 unspecified atom stereocenters. The number of hydrogen-bond donors (Lipinski definition) is 2. The number of phenolic OH excluding ortho intramolecular Hbond substituents is 2. The number of ether oxygens (including phenoxy) is 4. The fourth-order valence-corrected chi connectivity index (χ4v) is 11.6. The van der Waals surface area contributed by atoms with Crippen LogP contribution in [-0.2, 0) is 40.7 Å². The summed E-state index contributed by atoms with van der Waals surface area (Å²) in [7, 11) is 2.67. The molecule has 5 aromatic rings. The van der Waals surface area contributed by atoms with Gasteiger partial charge in [-0.25, -0.2) is 9.13 Å². The molecular formula is C56H69O9P. The molecule has 1 aliphatic rings. The zero-order valence-electron chi connectivity index (χ0n) is 41.8. The Hall–Kier alpha value is -5.53. The number of ketones is 1. The average Bonchev–Trinajstić information content (AvgIpc) is 3.23. The summed E-state index contributed by atoms with van der Waals surface area (Å²) in [6.07, 6.45) is -0.262.